The Morgan fingerprint density at radius 1 is 0.926 bits per heavy atom. The molecule has 1 heterocycles. The molecule has 1 unspecified atom stereocenters. The number of ether oxygens (including phenoxy) is 1. The van der Waals surface area contributed by atoms with Gasteiger partial charge in [0.25, 0.3) is 0 Å². The Bertz CT molecular complexity index is 1030. The third-order valence-corrected chi connectivity index (χ3v) is 6.14. The van der Waals surface area contributed by atoms with Crippen molar-refractivity contribution in [3.8, 4) is 5.75 Å². The molecule has 4 rings (SSSR count). The predicted molar refractivity (Wildman–Crippen MR) is 115 cm³/mol. The van der Waals surface area contributed by atoms with Gasteiger partial charge >= 0.3 is 0 Å². The number of hydrogen-bond donors (Lipinski definition) is 0. The molecular weight excluding hydrogens is 330 g/mol. The van der Waals surface area contributed by atoms with Crippen molar-refractivity contribution in [1.82, 2.24) is 0 Å². The fourth-order valence-electron chi connectivity index (χ4n) is 4.55. The average Bonchev–Trinajstić information content (AvgIpc) is 2.84. The van der Waals surface area contributed by atoms with Crippen LogP contribution in [0, 0.1) is 6.92 Å². The molecule has 1 aliphatic rings. The summed E-state index contributed by atoms with van der Waals surface area (Å²) in [6.07, 6.45) is 4.29. The van der Waals surface area contributed by atoms with Crippen molar-refractivity contribution in [3.05, 3.63) is 83.9 Å². The Labute approximate surface area is 162 Å². The van der Waals surface area contributed by atoms with E-state index in [9.17, 15) is 0 Å². The fourth-order valence-corrected chi connectivity index (χ4v) is 4.55. The van der Waals surface area contributed by atoms with Crippen molar-refractivity contribution in [3.63, 3.8) is 0 Å². The van der Waals surface area contributed by atoms with Gasteiger partial charge in [-0.3, -0.25) is 0 Å². The van der Waals surface area contributed by atoms with Gasteiger partial charge in [0.2, 0.25) is 5.72 Å². The minimum Gasteiger partial charge on any atom is -0.463 e. The van der Waals surface area contributed by atoms with Crippen molar-refractivity contribution in [2.45, 2.75) is 38.8 Å². The third-order valence-electron chi connectivity index (χ3n) is 6.14. The van der Waals surface area contributed by atoms with Crippen LogP contribution < -0.4 is 9.64 Å². The van der Waals surface area contributed by atoms with Gasteiger partial charge in [-0.05, 0) is 67.8 Å². The summed E-state index contributed by atoms with van der Waals surface area (Å²) in [5.41, 5.74) is 2.92. The van der Waals surface area contributed by atoms with Crippen LogP contribution in [0.5, 0.6) is 5.75 Å². The number of hydrogen-bond acceptors (Lipinski definition) is 2. The Kier molecular flexibility index (Phi) is 4.03. The van der Waals surface area contributed by atoms with Crippen molar-refractivity contribution >= 4 is 16.5 Å². The first-order chi connectivity index (χ1) is 12.9. The quantitative estimate of drug-likeness (QED) is 0.515. The van der Waals surface area contributed by atoms with Crippen LogP contribution in [0.15, 0.2) is 72.8 Å². The zero-order chi connectivity index (χ0) is 19.2. The van der Waals surface area contributed by atoms with E-state index in [1.165, 1.54) is 27.6 Å². The number of para-hydroxylation sites is 1. The van der Waals surface area contributed by atoms with Gasteiger partial charge < -0.3 is 9.64 Å². The molecule has 1 atom stereocenters. The van der Waals surface area contributed by atoms with Crippen LogP contribution >= 0.6 is 0 Å². The zero-order valence-electron chi connectivity index (χ0n) is 16.8. The van der Waals surface area contributed by atoms with Gasteiger partial charge in [-0.25, -0.2) is 0 Å². The Balaban J connectivity index is 1.89. The molecule has 2 nitrogen and oxygen atoms in total. The molecule has 0 fully saturated rings. The van der Waals surface area contributed by atoms with Crippen LogP contribution in [0.1, 0.15) is 31.9 Å². The van der Waals surface area contributed by atoms with E-state index >= 15 is 0 Å². The van der Waals surface area contributed by atoms with Crippen molar-refractivity contribution in [2.75, 3.05) is 11.9 Å². The van der Waals surface area contributed by atoms with Crippen LogP contribution in [-0.4, -0.2) is 12.8 Å². The number of anilines is 1. The molecule has 0 spiro atoms. The van der Waals surface area contributed by atoms with Gasteiger partial charge in [-0.1, -0.05) is 54.6 Å². The summed E-state index contributed by atoms with van der Waals surface area (Å²) in [5, 5.41) is 2.48. The molecule has 2 heteroatoms. The van der Waals surface area contributed by atoms with E-state index in [1.54, 1.807) is 0 Å². The Morgan fingerprint density at radius 3 is 2.37 bits per heavy atom. The van der Waals surface area contributed by atoms with E-state index in [0.717, 1.165) is 5.75 Å². The Hall–Kier alpha value is -2.74. The number of rotatable bonds is 3. The van der Waals surface area contributed by atoms with Crippen LogP contribution in [0.2, 0.25) is 0 Å². The molecule has 1 aliphatic heterocycles. The minimum atomic E-state index is -0.585. The topological polar surface area (TPSA) is 12.5 Å². The average molecular weight is 357 g/mol. The molecule has 27 heavy (non-hydrogen) atoms. The lowest BCUT2D eigenvalue weighted by Gasteiger charge is -2.44. The first kappa shape index (κ1) is 17.7. The molecule has 0 saturated heterocycles. The second-order valence-electron chi connectivity index (χ2n) is 7.91. The molecule has 0 bridgehead atoms. The lowest BCUT2D eigenvalue weighted by atomic mass is 9.77. The molecule has 3 aromatic carbocycles. The molecule has 0 saturated carbocycles. The predicted octanol–water partition coefficient (Wildman–Crippen LogP) is 6.23. The summed E-state index contributed by atoms with van der Waals surface area (Å²) in [5.74, 6) is 0.930. The van der Waals surface area contributed by atoms with Gasteiger partial charge in [0.15, 0.2) is 0 Å². The van der Waals surface area contributed by atoms with Crippen LogP contribution in [0.4, 0.5) is 5.69 Å². The van der Waals surface area contributed by atoms with E-state index in [-0.39, 0.29) is 5.41 Å². The SMILES string of the molecule is CC=CC1(Oc2ccc3ccccc3c2C)N(C)c2ccccc2C1(C)C. The summed E-state index contributed by atoms with van der Waals surface area (Å²) < 4.78 is 6.89. The zero-order valence-corrected chi connectivity index (χ0v) is 16.8. The highest BCUT2D eigenvalue weighted by molar-refractivity contribution is 5.87. The summed E-state index contributed by atoms with van der Waals surface area (Å²) in [7, 11) is 2.13. The standard InChI is InChI=1S/C25H27NO/c1-6-17-25(24(3,4)21-13-9-10-14-22(21)26(25)5)27-23-16-15-19-11-7-8-12-20(19)18(23)2/h6-17H,1-5H3. The summed E-state index contributed by atoms with van der Waals surface area (Å²) in [6, 6.07) is 21.3. The molecule has 0 N–H and O–H groups in total. The summed E-state index contributed by atoms with van der Waals surface area (Å²) >= 11 is 0. The van der Waals surface area contributed by atoms with E-state index in [4.69, 9.17) is 4.74 Å². The third kappa shape index (κ3) is 2.39. The van der Waals surface area contributed by atoms with E-state index in [2.05, 4.69) is 112 Å². The summed E-state index contributed by atoms with van der Waals surface area (Å²) in [6.45, 7) is 8.75. The lowest BCUT2D eigenvalue weighted by Crippen LogP contribution is -2.57. The number of fused-ring (bicyclic) bond motifs is 2. The van der Waals surface area contributed by atoms with Crippen LogP contribution in [0.25, 0.3) is 10.8 Å². The number of nitrogens with zero attached hydrogens (tertiary/aromatic N) is 1. The summed E-state index contributed by atoms with van der Waals surface area (Å²) in [4.78, 5) is 2.27. The molecular formula is C25H27NO. The molecule has 0 radical (unpaired) electrons. The smallest absolute Gasteiger partial charge is 0.211 e. The van der Waals surface area contributed by atoms with E-state index in [0.29, 0.717) is 0 Å². The molecule has 138 valence electrons. The van der Waals surface area contributed by atoms with Crippen LogP contribution in [0.3, 0.4) is 0 Å². The monoisotopic (exact) mass is 357 g/mol. The molecule has 0 aromatic heterocycles. The van der Waals surface area contributed by atoms with Gasteiger partial charge in [-0.15, -0.1) is 0 Å². The van der Waals surface area contributed by atoms with Gasteiger partial charge in [0, 0.05) is 12.7 Å². The van der Waals surface area contributed by atoms with Gasteiger partial charge in [0.1, 0.15) is 5.75 Å². The van der Waals surface area contributed by atoms with Crippen molar-refractivity contribution in [2.24, 2.45) is 0 Å². The van der Waals surface area contributed by atoms with Gasteiger partial charge in [0.05, 0.1) is 5.41 Å². The molecule has 0 aliphatic carbocycles. The minimum absolute atomic E-state index is 0.205. The largest absolute Gasteiger partial charge is 0.463 e. The van der Waals surface area contributed by atoms with E-state index < -0.39 is 5.72 Å². The first-order valence-electron chi connectivity index (χ1n) is 9.57. The van der Waals surface area contributed by atoms with Crippen LogP contribution in [-0.2, 0) is 5.41 Å². The normalized spacial score (nSPS) is 21.0. The number of likely N-dealkylation sites (N-methyl/N-ethyl adjacent to an activating group) is 1. The highest BCUT2D eigenvalue weighted by Crippen LogP contribution is 2.52. The van der Waals surface area contributed by atoms with Gasteiger partial charge in [-0.2, -0.15) is 0 Å². The van der Waals surface area contributed by atoms with Crippen molar-refractivity contribution in [1.29, 1.82) is 0 Å². The fraction of sp³-hybridized carbons (Fsp3) is 0.280. The number of aryl methyl sites for hydroxylation is 1. The van der Waals surface area contributed by atoms with E-state index in [1.807, 2.05) is 0 Å². The first-order valence-corrected chi connectivity index (χ1v) is 9.57. The maximum Gasteiger partial charge on any atom is 0.211 e. The van der Waals surface area contributed by atoms with Crippen molar-refractivity contribution < 1.29 is 4.74 Å². The Morgan fingerprint density at radius 2 is 1.63 bits per heavy atom. The second kappa shape index (κ2) is 6.16. The lowest BCUT2D eigenvalue weighted by molar-refractivity contribution is 0.0596. The molecule has 0 amide bonds. The highest BCUT2D eigenvalue weighted by atomic mass is 16.5. The number of allylic oxidation sites excluding steroid dienone is 1. The maximum absolute atomic E-state index is 6.89. The second-order valence-corrected chi connectivity index (χ2v) is 7.91. The highest BCUT2D eigenvalue weighted by Gasteiger charge is 2.56. The maximum atomic E-state index is 6.89. The molecule has 3 aromatic rings. The number of benzene rings is 3.